The topological polar surface area (TPSA) is 86.8 Å². The molecule has 0 bridgehead atoms. The fourth-order valence-corrected chi connectivity index (χ4v) is 4.51. The SMILES string of the molecule is NC1CCC(N(Cc2ccccc2)Cc2ccc(CP(=O)(O)O)cc2)CC1. The fraction of sp³-hybridized carbons (Fsp3) is 0.429. The monoisotopic (exact) mass is 388 g/mol. The van der Waals surface area contributed by atoms with Crippen LogP contribution in [0.1, 0.15) is 42.4 Å². The minimum Gasteiger partial charge on any atom is -0.328 e. The lowest BCUT2D eigenvalue weighted by molar-refractivity contribution is 0.134. The summed E-state index contributed by atoms with van der Waals surface area (Å²) >= 11 is 0. The smallest absolute Gasteiger partial charge is 0.328 e. The molecule has 6 heteroatoms. The van der Waals surface area contributed by atoms with Crippen molar-refractivity contribution in [1.29, 1.82) is 0 Å². The summed E-state index contributed by atoms with van der Waals surface area (Å²) in [5.41, 5.74) is 9.22. The maximum atomic E-state index is 11.2. The second-order valence-corrected chi connectivity index (χ2v) is 9.24. The van der Waals surface area contributed by atoms with Gasteiger partial charge in [0.05, 0.1) is 6.16 Å². The normalized spacial score (nSPS) is 20.7. The molecular formula is C21H29N2O3P. The van der Waals surface area contributed by atoms with E-state index >= 15 is 0 Å². The highest BCUT2D eigenvalue weighted by Gasteiger charge is 2.24. The van der Waals surface area contributed by atoms with E-state index in [1.807, 2.05) is 30.3 Å². The minimum atomic E-state index is -4.03. The molecular weight excluding hydrogens is 359 g/mol. The highest BCUT2D eigenvalue weighted by Crippen LogP contribution is 2.39. The quantitative estimate of drug-likeness (QED) is 0.631. The molecule has 27 heavy (non-hydrogen) atoms. The largest absolute Gasteiger partial charge is 0.329 e. The second kappa shape index (κ2) is 9.13. The molecule has 0 aromatic heterocycles. The number of hydrogen-bond acceptors (Lipinski definition) is 3. The zero-order valence-electron chi connectivity index (χ0n) is 15.6. The van der Waals surface area contributed by atoms with Gasteiger partial charge in [-0.1, -0.05) is 54.6 Å². The summed E-state index contributed by atoms with van der Waals surface area (Å²) < 4.78 is 11.2. The van der Waals surface area contributed by atoms with Crippen molar-refractivity contribution in [2.45, 2.75) is 57.0 Å². The Labute approximate surface area is 161 Å². The van der Waals surface area contributed by atoms with Crippen LogP contribution >= 0.6 is 7.60 Å². The first-order valence-corrected chi connectivity index (χ1v) is 11.3. The van der Waals surface area contributed by atoms with Gasteiger partial charge in [0.2, 0.25) is 0 Å². The Bertz CT molecular complexity index is 753. The van der Waals surface area contributed by atoms with Crippen LogP contribution in [-0.2, 0) is 23.8 Å². The van der Waals surface area contributed by atoms with E-state index < -0.39 is 7.60 Å². The van der Waals surface area contributed by atoms with E-state index in [4.69, 9.17) is 15.5 Å². The van der Waals surface area contributed by atoms with Crippen molar-refractivity contribution in [2.24, 2.45) is 5.73 Å². The van der Waals surface area contributed by atoms with Crippen LogP contribution < -0.4 is 5.73 Å². The Morgan fingerprint density at radius 2 is 1.37 bits per heavy atom. The average Bonchev–Trinajstić information content (AvgIpc) is 2.63. The number of nitrogens with zero attached hydrogens (tertiary/aromatic N) is 1. The van der Waals surface area contributed by atoms with E-state index in [-0.39, 0.29) is 6.16 Å². The van der Waals surface area contributed by atoms with E-state index in [1.54, 1.807) is 0 Å². The predicted octanol–water partition coefficient (Wildman–Crippen LogP) is 3.64. The van der Waals surface area contributed by atoms with Crippen LogP contribution in [0, 0.1) is 0 Å². The summed E-state index contributed by atoms with van der Waals surface area (Å²) in [5.74, 6) is 0. The van der Waals surface area contributed by atoms with Crippen molar-refractivity contribution < 1.29 is 14.4 Å². The number of hydrogen-bond donors (Lipinski definition) is 3. The summed E-state index contributed by atoms with van der Waals surface area (Å²) in [6.07, 6.45) is 4.16. The molecule has 2 aromatic carbocycles. The molecule has 146 valence electrons. The Kier molecular flexibility index (Phi) is 6.85. The molecule has 5 nitrogen and oxygen atoms in total. The summed E-state index contributed by atoms with van der Waals surface area (Å²) in [4.78, 5) is 20.8. The Hall–Kier alpha value is -1.49. The van der Waals surface area contributed by atoms with Crippen LogP contribution in [0.15, 0.2) is 54.6 Å². The first kappa shape index (κ1) is 20.2. The zero-order chi connectivity index (χ0) is 19.3. The summed E-state index contributed by atoms with van der Waals surface area (Å²) in [5, 5.41) is 0. The molecule has 0 unspecified atom stereocenters. The zero-order valence-corrected chi connectivity index (χ0v) is 16.5. The van der Waals surface area contributed by atoms with E-state index in [9.17, 15) is 4.57 Å². The van der Waals surface area contributed by atoms with Gasteiger partial charge in [-0.2, -0.15) is 0 Å². The lowest BCUT2D eigenvalue weighted by Crippen LogP contribution is -2.40. The van der Waals surface area contributed by atoms with Gasteiger partial charge in [-0.3, -0.25) is 9.46 Å². The van der Waals surface area contributed by atoms with Crippen molar-refractivity contribution in [2.75, 3.05) is 0 Å². The lowest BCUT2D eigenvalue weighted by Gasteiger charge is -2.36. The third kappa shape index (κ3) is 6.56. The highest BCUT2D eigenvalue weighted by molar-refractivity contribution is 7.50. The number of rotatable bonds is 7. The number of benzene rings is 2. The molecule has 0 atom stereocenters. The van der Waals surface area contributed by atoms with E-state index in [0.29, 0.717) is 17.6 Å². The van der Waals surface area contributed by atoms with Gasteiger partial charge in [0.25, 0.3) is 0 Å². The first-order valence-electron chi connectivity index (χ1n) is 9.55. The molecule has 0 aliphatic heterocycles. The molecule has 1 fully saturated rings. The van der Waals surface area contributed by atoms with Crippen LogP contribution in [0.25, 0.3) is 0 Å². The molecule has 1 saturated carbocycles. The molecule has 1 aliphatic rings. The maximum Gasteiger partial charge on any atom is 0.329 e. The predicted molar refractivity (Wildman–Crippen MR) is 108 cm³/mol. The standard InChI is InChI=1S/C21H29N2O3P/c22-20-10-12-21(13-11-20)23(14-17-4-2-1-3-5-17)15-18-6-8-19(9-7-18)16-27(24,25)26/h1-9,20-21H,10-16,22H2,(H2,24,25,26). The van der Waals surface area contributed by atoms with Gasteiger partial charge < -0.3 is 15.5 Å². The second-order valence-electron chi connectivity index (χ2n) is 7.60. The molecule has 2 aromatic rings. The van der Waals surface area contributed by atoms with Crippen LogP contribution in [-0.4, -0.2) is 26.8 Å². The van der Waals surface area contributed by atoms with Crippen molar-refractivity contribution in [3.8, 4) is 0 Å². The molecule has 0 amide bonds. The van der Waals surface area contributed by atoms with E-state index in [2.05, 4.69) is 29.2 Å². The Balaban J connectivity index is 1.71. The summed E-state index contributed by atoms with van der Waals surface area (Å²) in [6.45, 7) is 1.72. The van der Waals surface area contributed by atoms with Gasteiger partial charge >= 0.3 is 7.60 Å². The molecule has 4 N–H and O–H groups in total. The van der Waals surface area contributed by atoms with Crippen LogP contribution in [0.5, 0.6) is 0 Å². The van der Waals surface area contributed by atoms with Crippen LogP contribution in [0.4, 0.5) is 0 Å². The van der Waals surface area contributed by atoms with Crippen molar-refractivity contribution in [1.82, 2.24) is 4.90 Å². The minimum absolute atomic E-state index is 0.207. The number of nitrogens with two attached hydrogens (primary N) is 1. The first-order chi connectivity index (χ1) is 12.9. The van der Waals surface area contributed by atoms with Crippen molar-refractivity contribution in [3.05, 3.63) is 71.3 Å². The van der Waals surface area contributed by atoms with E-state index in [1.165, 1.54) is 5.56 Å². The van der Waals surface area contributed by atoms with Gasteiger partial charge in [-0.05, 0) is 42.4 Å². The third-order valence-electron chi connectivity index (χ3n) is 5.28. The molecule has 1 aliphatic carbocycles. The Morgan fingerprint density at radius 1 is 0.852 bits per heavy atom. The van der Waals surface area contributed by atoms with Gasteiger partial charge in [0, 0.05) is 25.2 Å². The van der Waals surface area contributed by atoms with Gasteiger partial charge in [0.1, 0.15) is 0 Å². The molecule has 0 spiro atoms. The van der Waals surface area contributed by atoms with Crippen molar-refractivity contribution in [3.63, 3.8) is 0 Å². The van der Waals surface area contributed by atoms with Crippen LogP contribution in [0.2, 0.25) is 0 Å². The highest BCUT2D eigenvalue weighted by atomic mass is 31.2. The van der Waals surface area contributed by atoms with Crippen LogP contribution in [0.3, 0.4) is 0 Å². The lowest BCUT2D eigenvalue weighted by atomic mass is 9.90. The summed E-state index contributed by atoms with van der Waals surface area (Å²) in [7, 11) is -4.03. The maximum absolute atomic E-state index is 11.2. The average molecular weight is 388 g/mol. The summed E-state index contributed by atoms with van der Waals surface area (Å²) in [6, 6.07) is 18.9. The van der Waals surface area contributed by atoms with Crippen molar-refractivity contribution >= 4 is 7.60 Å². The molecule has 3 rings (SSSR count). The molecule has 0 radical (unpaired) electrons. The fourth-order valence-electron chi connectivity index (χ4n) is 3.82. The molecule has 0 saturated heterocycles. The Morgan fingerprint density at radius 3 is 1.93 bits per heavy atom. The van der Waals surface area contributed by atoms with E-state index in [0.717, 1.165) is 44.3 Å². The van der Waals surface area contributed by atoms with Gasteiger partial charge in [-0.25, -0.2) is 0 Å². The van der Waals surface area contributed by atoms with Gasteiger partial charge in [0.15, 0.2) is 0 Å². The third-order valence-corrected chi connectivity index (χ3v) is 6.06. The van der Waals surface area contributed by atoms with Gasteiger partial charge in [-0.15, -0.1) is 0 Å². The molecule has 0 heterocycles.